The number of carbonyl (C=O) groups excluding carboxylic acids is 1. The monoisotopic (exact) mass is 353 g/mol. The Morgan fingerprint density at radius 3 is 2.77 bits per heavy atom. The summed E-state index contributed by atoms with van der Waals surface area (Å²) < 4.78 is 17.3. The summed E-state index contributed by atoms with van der Waals surface area (Å²) in [5, 5.41) is 6.90. The minimum atomic E-state index is -0.382. The van der Waals surface area contributed by atoms with Crippen LogP contribution in [-0.2, 0) is 11.3 Å². The number of furan rings is 1. The molecule has 8 nitrogen and oxygen atoms in total. The topological polar surface area (TPSA) is 95.6 Å². The van der Waals surface area contributed by atoms with Crippen LogP contribution in [0.1, 0.15) is 0 Å². The molecule has 132 valence electrons. The van der Waals surface area contributed by atoms with Gasteiger partial charge in [0, 0.05) is 17.8 Å². The van der Waals surface area contributed by atoms with E-state index in [4.69, 9.17) is 13.9 Å². The molecule has 1 aliphatic rings. The third-order valence-corrected chi connectivity index (χ3v) is 3.76. The first kappa shape index (κ1) is 15.9. The zero-order chi connectivity index (χ0) is 17.9. The molecule has 0 fully saturated rings. The Kier molecular flexibility index (Phi) is 4.14. The van der Waals surface area contributed by atoms with Gasteiger partial charge in [-0.2, -0.15) is 5.10 Å². The first-order valence-electron chi connectivity index (χ1n) is 8.00. The predicted molar refractivity (Wildman–Crippen MR) is 92.3 cm³/mol. The molecule has 0 atom stereocenters. The molecule has 3 heterocycles. The van der Waals surface area contributed by atoms with E-state index in [2.05, 4.69) is 10.4 Å². The highest BCUT2D eigenvalue weighted by atomic mass is 16.6. The van der Waals surface area contributed by atoms with E-state index in [1.165, 1.54) is 12.3 Å². The molecule has 0 aliphatic carbocycles. The number of benzene rings is 1. The predicted octanol–water partition coefficient (Wildman–Crippen LogP) is 1.91. The molecule has 0 spiro atoms. The van der Waals surface area contributed by atoms with Gasteiger partial charge in [0.05, 0.1) is 6.26 Å². The molecule has 1 aromatic carbocycles. The van der Waals surface area contributed by atoms with E-state index in [9.17, 15) is 9.59 Å². The van der Waals surface area contributed by atoms with E-state index < -0.39 is 0 Å². The Bertz CT molecular complexity index is 994. The number of nitrogens with one attached hydrogen (secondary N) is 1. The Labute approximate surface area is 148 Å². The molecule has 4 rings (SSSR count). The van der Waals surface area contributed by atoms with E-state index in [0.29, 0.717) is 41.9 Å². The maximum atomic E-state index is 12.3. The van der Waals surface area contributed by atoms with Gasteiger partial charge in [-0.15, -0.1) is 0 Å². The molecule has 1 aliphatic heterocycles. The Hall–Kier alpha value is -3.55. The van der Waals surface area contributed by atoms with Crippen LogP contribution < -0.4 is 20.3 Å². The smallest absolute Gasteiger partial charge is 0.267 e. The first-order valence-corrected chi connectivity index (χ1v) is 8.00. The van der Waals surface area contributed by atoms with E-state index >= 15 is 0 Å². The van der Waals surface area contributed by atoms with Crippen LogP contribution in [0.15, 0.2) is 57.9 Å². The van der Waals surface area contributed by atoms with E-state index in [-0.39, 0.29) is 18.0 Å². The number of aromatic nitrogens is 2. The van der Waals surface area contributed by atoms with E-state index in [0.717, 1.165) is 4.68 Å². The van der Waals surface area contributed by atoms with Crippen LogP contribution in [0.3, 0.4) is 0 Å². The van der Waals surface area contributed by atoms with Crippen molar-refractivity contribution in [1.29, 1.82) is 0 Å². The van der Waals surface area contributed by atoms with Crippen molar-refractivity contribution in [2.75, 3.05) is 18.5 Å². The molecule has 0 unspecified atom stereocenters. The summed E-state index contributed by atoms with van der Waals surface area (Å²) in [4.78, 5) is 24.3. The molecule has 3 aromatic rings. The normalized spacial score (nSPS) is 12.6. The summed E-state index contributed by atoms with van der Waals surface area (Å²) in [6, 6.07) is 11.5. The van der Waals surface area contributed by atoms with Gasteiger partial charge in [0.15, 0.2) is 17.3 Å². The van der Waals surface area contributed by atoms with Crippen LogP contribution in [0.4, 0.5) is 5.69 Å². The lowest BCUT2D eigenvalue weighted by molar-refractivity contribution is -0.117. The summed E-state index contributed by atoms with van der Waals surface area (Å²) >= 11 is 0. The average molecular weight is 353 g/mol. The lowest BCUT2D eigenvalue weighted by atomic mass is 10.2. The van der Waals surface area contributed by atoms with Gasteiger partial charge < -0.3 is 19.2 Å². The number of rotatable bonds is 4. The second-order valence-electron chi connectivity index (χ2n) is 5.60. The quantitative estimate of drug-likeness (QED) is 0.770. The van der Waals surface area contributed by atoms with Crippen LogP contribution in [0.2, 0.25) is 0 Å². The third kappa shape index (κ3) is 3.30. The zero-order valence-electron chi connectivity index (χ0n) is 13.7. The molecule has 1 N–H and O–H groups in total. The highest BCUT2D eigenvalue weighted by Gasteiger charge is 2.14. The molecule has 1 amide bonds. The summed E-state index contributed by atoms with van der Waals surface area (Å²) in [6.07, 6.45) is 1.51. The Morgan fingerprint density at radius 1 is 1.12 bits per heavy atom. The number of amides is 1. The van der Waals surface area contributed by atoms with Gasteiger partial charge in [0.1, 0.15) is 25.5 Å². The van der Waals surface area contributed by atoms with Gasteiger partial charge in [-0.25, -0.2) is 4.68 Å². The molecule has 2 aromatic heterocycles. The molecular formula is C18H15N3O5. The zero-order valence-corrected chi connectivity index (χ0v) is 13.7. The van der Waals surface area contributed by atoms with Gasteiger partial charge >= 0.3 is 0 Å². The fraction of sp³-hybridized carbons (Fsp3) is 0.167. The first-order chi connectivity index (χ1) is 12.7. The number of nitrogens with zero attached hydrogens (tertiary/aromatic N) is 2. The van der Waals surface area contributed by atoms with Gasteiger partial charge in [-0.3, -0.25) is 9.59 Å². The molecule has 0 radical (unpaired) electrons. The van der Waals surface area contributed by atoms with Crippen molar-refractivity contribution in [2.45, 2.75) is 6.54 Å². The van der Waals surface area contributed by atoms with Crippen LogP contribution >= 0.6 is 0 Å². The maximum absolute atomic E-state index is 12.3. The lowest BCUT2D eigenvalue weighted by Gasteiger charge is -2.19. The van der Waals surface area contributed by atoms with Gasteiger partial charge in [0.25, 0.3) is 5.56 Å². The number of hydrogen-bond donors (Lipinski definition) is 1. The van der Waals surface area contributed by atoms with Gasteiger partial charge in [-0.05, 0) is 30.3 Å². The molecule has 8 heteroatoms. The Morgan fingerprint density at radius 2 is 1.96 bits per heavy atom. The summed E-state index contributed by atoms with van der Waals surface area (Å²) in [5.41, 5.74) is 0.647. The van der Waals surface area contributed by atoms with Crippen molar-refractivity contribution in [2.24, 2.45) is 0 Å². The minimum Gasteiger partial charge on any atom is -0.486 e. The van der Waals surface area contributed by atoms with Crippen LogP contribution in [0, 0.1) is 0 Å². The Balaban J connectivity index is 1.50. The lowest BCUT2D eigenvalue weighted by Crippen LogP contribution is -2.29. The molecule has 0 saturated heterocycles. The van der Waals surface area contributed by atoms with E-state index in [1.54, 1.807) is 36.4 Å². The van der Waals surface area contributed by atoms with Crippen LogP contribution in [0.25, 0.3) is 11.5 Å². The van der Waals surface area contributed by atoms with E-state index in [1.807, 2.05) is 0 Å². The number of fused-ring (bicyclic) bond motifs is 1. The van der Waals surface area contributed by atoms with Crippen molar-refractivity contribution in [3.05, 3.63) is 59.1 Å². The van der Waals surface area contributed by atoms with Crippen molar-refractivity contribution >= 4 is 11.6 Å². The number of anilines is 1. The molecular weight excluding hydrogens is 338 g/mol. The number of carbonyl (C=O) groups is 1. The second-order valence-corrected chi connectivity index (χ2v) is 5.60. The summed E-state index contributed by atoms with van der Waals surface area (Å²) in [7, 11) is 0. The standard InChI is InChI=1S/C18H15N3O5/c22-17(19-12-3-5-15-16(10-12)26-9-8-25-15)11-21-18(23)6-4-13(20-21)14-2-1-7-24-14/h1-7,10H,8-9,11H2,(H,19,22). The van der Waals surface area contributed by atoms with Gasteiger partial charge in [-0.1, -0.05) is 0 Å². The third-order valence-electron chi connectivity index (χ3n) is 3.76. The second kappa shape index (κ2) is 6.75. The van der Waals surface area contributed by atoms with Crippen molar-refractivity contribution < 1.29 is 18.7 Å². The molecule has 0 saturated carbocycles. The molecule has 26 heavy (non-hydrogen) atoms. The number of hydrogen-bond acceptors (Lipinski definition) is 6. The van der Waals surface area contributed by atoms with Crippen molar-refractivity contribution in [3.8, 4) is 23.0 Å². The summed E-state index contributed by atoms with van der Waals surface area (Å²) in [5.74, 6) is 1.35. The molecule has 0 bridgehead atoms. The fourth-order valence-corrected chi connectivity index (χ4v) is 2.58. The average Bonchev–Trinajstić information content (AvgIpc) is 3.18. The van der Waals surface area contributed by atoms with Crippen LogP contribution in [0.5, 0.6) is 11.5 Å². The van der Waals surface area contributed by atoms with Crippen molar-refractivity contribution in [3.63, 3.8) is 0 Å². The SMILES string of the molecule is O=C(Cn1nc(-c2ccco2)ccc1=O)Nc1ccc2c(c1)OCCO2. The van der Waals surface area contributed by atoms with Crippen molar-refractivity contribution in [1.82, 2.24) is 9.78 Å². The largest absolute Gasteiger partial charge is 0.486 e. The number of ether oxygens (including phenoxy) is 2. The van der Waals surface area contributed by atoms with Gasteiger partial charge in [0.2, 0.25) is 5.91 Å². The maximum Gasteiger partial charge on any atom is 0.267 e. The highest BCUT2D eigenvalue weighted by molar-refractivity contribution is 5.90. The summed E-state index contributed by atoms with van der Waals surface area (Å²) in [6.45, 7) is 0.740. The minimum absolute atomic E-state index is 0.220. The van der Waals surface area contributed by atoms with Crippen LogP contribution in [-0.4, -0.2) is 28.9 Å². The fourth-order valence-electron chi connectivity index (χ4n) is 2.58. The highest BCUT2D eigenvalue weighted by Crippen LogP contribution is 2.32.